The van der Waals surface area contributed by atoms with E-state index in [1.54, 1.807) is 12.1 Å². The Hall–Kier alpha value is -2.89. The van der Waals surface area contributed by atoms with Crippen LogP contribution in [0.2, 0.25) is 0 Å². The Morgan fingerprint density at radius 2 is 1.74 bits per heavy atom. The van der Waals surface area contributed by atoms with Crippen molar-refractivity contribution in [2.45, 2.75) is 76.2 Å². The third-order valence-corrected chi connectivity index (χ3v) is 7.48. The molecule has 0 radical (unpaired) electrons. The molecule has 1 heterocycles. The molecule has 0 bridgehead atoms. The predicted molar refractivity (Wildman–Crippen MR) is 131 cm³/mol. The van der Waals surface area contributed by atoms with Gasteiger partial charge in [0.1, 0.15) is 0 Å². The van der Waals surface area contributed by atoms with Crippen LogP contribution in [-0.4, -0.2) is 30.6 Å². The highest BCUT2D eigenvalue weighted by Gasteiger charge is 2.44. The van der Waals surface area contributed by atoms with Gasteiger partial charge in [-0.15, -0.1) is 0 Å². The number of amides is 1. The van der Waals surface area contributed by atoms with E-state index in [0.29, 0.717) is 24.0 Å². The minimum absolute atomic E-state index is 0.00600. The highest BCUT2D eigenvalue weighted by atomic mass is 16.5. The first-order valence-electron chi connectivity index (χ1n) is 12.6. The Kier molecular flexibility index (Phi) is 7.86. The average molecular weight is 465 g/mol. The van der Waals surface area contributed by atoms with Crippen LogP contribution in [0.3, 0.4) is 0 Å². The maximum atomic E-state index is 13.6. The normalized spacial score (nSPS) is 18.8. The number of aromatic nitrogens is 1. The van der Waals surface area contributed by atoms with Crippen molar-refractivity contribution in [2.75, 3.05) is 13.7 Å². The molecule has 1 aromatic heterocycles. The first-order valence-corrected chi connectivity index (χ1v) is 12.6. The second-order valence-electron chi connectivity index (χ2n) is 9.77. The molecule has 2 aliphatic rings. The summed E-state index contributed by atoms with van der Waals surface area (Å²) in [4.78, 5) is 30.1. The van der Waals surface area contributed by atoms with Crippen molar-refractivity contribution in [2.24, 2.45) is 5.92 Å². The van der Waals surface area contributed by atoms with E-state index >= 15 is 0 Å². The molecule has 1 aromatic carbocycles. The largest absolute Gasteiger partial charge is 0.477 e. The van der Waals surface area contributed by atoms with Crippen LogP contribution in [0.25, 0.3) is 0 Å². The molecule has 6 heteroatoms. The molecule has 2 fully saturated rings. The van der Waals surface area contributed by atoms with E-state index in [2.05, 4.69) is 5.32 Å². The monoisotopic (exact) mass is 464 g/mol. The molecule has 4 rings (SSSR count). The van der Waals surface area contributed by atoms with Crippen LogP contribution in [0.1, 0.15) is 92.4 Å². The second kappa shape index (κ2) is 11.0. The number of ether oxygens (including phenoxy) is 2. The van der Waals surface area contributed by atoms with Gasteiger partial charge in [0.2, 0.25) is 11.8 Å². The number of hydrogen-bond acceptors (Lipinski definition) is 5. The lowest BCUT2D eigenvalue weighted by Crippen LogP contribution is -2.44. The van der Waals surface area contributed by atoms with Crippen molar-refractivity contribution in [3.05, 3.63) is 59.3 Å². The van der Waals surface area contributed by atoms with Gasteiger partial charge in [0.05, 0.1) is 36.4 Å². The summed E-state index contributed by atoms with van der Waals surface area (Å²) in [6.45, 7) is 2.67. The smallest absolute Gasteiger partial charge is 0.337 e. The van der Waals surface area contributed by atoms with Gasteiger partial charge >= 0.3 is 5.97 Å². The summed E-state index contributed by atoms with van der Waals surface area (Å²) in [7, 11) is 1.37. The fourth-order valence-corrected chi connectivity index (χ4v) is 5.34. The van der Waals surface area contributed by atoms with E-state index in [1.807, 2.05) is 37.3 Å². The maximum absolute atomic E-state index is 13.6. The number of rotatable bonds is 8. The number of carbonyl (C=O) groups is 2. The fraction of sp³-hybridized carbons (Fsp3) is 0.536. The molecule has 2 aliphatic carbocycles. The van der Waals surface area contributed by atoms with Crippen molar-refractivity contribution in [1.82, 2.24) is 10.3 Å². The van der Waals surface area contributed by atoms with Gasteiger partial charge in [-0.2, -0.15) is 0 Å². The SMILES string of the molecule is COC(=O)c1ccc(C(C)NC(=O)C2(c3cccc(OCC4CCCCC4)n3)CCCC2)cc1. The van der Waals surface area contributed by atoms with Crippen LogP contribution in [-0.2, 0) is 14.9 Å². The molecule has 0 aliphatic heterocycles. The van der Waals surface area contributed by atoms with E-state index in [1.165, 1.54) is 39.2 Å². The Labute approximate surface area is 202 Å². The molecule has 182 valence electrons. The topological polar surface area (TPSA) is 77.5 Å². The summed E-state index contributed by atoms with van der Waals surface area (Å²) in [5.74, 6) is 0.860. The zero-order valence-corrected chi connectivity index (χ0v) is 20.3. The first-order chi connectivity index (χ1) is 16.5. The number of hydrogen-bond donors (Lipinski definition) is 1. The third kappa shape index (κ3) is 5.43. The minimum atomic E-state index is -0.634. The first kappa shape index (κ1) is 24.2. The van der Waals surface area contributed by atoms with E-state index in [4.69, 9.17) is 14.5 Å². The van der Waals surface area contributed by atoms with Crippen molar-refractivity contribution >= 4 is 11.9 Å². The number of esters is 1. The number of methoxy groups -OCH3 is 1. The van der Waals surface area contributed by atoms with E-state index in [0.717, 1.165) is 36.9 Å². The summed E-state index contributed by atoms with van der Waals surface area (Å²) in [5, 5.41) is 3.21. The van der Waals surface area contributed by atoms with Gasteiger partial charge in [-0.3, -0.25) is 4.79 Å². The summed E-state index contributed by atoms with van der Waals surface area (Å²) < 4.78 is 10.8. The quantitative estimate of drug-likeness (QED) is 0.521. The number of pyridine rings is 1. The van der Waals surface area contributed by atoms with Gasteiger partial charge in [-0.1, -0.05) is 50.3 Å². The minimum Gasteiger partial charge on any atom is -0.477 e. The molecule has 2 saturated carbocycles. The van der Waals surface area contributed by atoms with Gasteiger partial charge in [0.25, 0.3) is 0 Å². The van der Waals surface area contributed by atoms with Crippen molar-refractivity contribution < 1.29 is 19.1 Å². The second-order valence-corrected chi connectivity index (χ2v) is 9.77. The van der Waals surface area contributed by atoms with E-state index in [9.17, 15) is 9.59 Å². The molecule has 34 heavy (non-hydrogen) atoms. The molecule has 6 nitrogen and oxygen atoms in total. The lowest BCUT2D eigenvalue weighted by molar-refractivity contribution is -0.127. The summed E-state index contributed by atoms with van der Waals surface area (Å²) in [5.41, 5.74) is 1.60. The van der Waals surface area contributed by atoms with Gasteiger partial charge in [0, 0.05) is 6.07 Å². The number of benzene rings is 1. The molecule has 1 N–H and O–H groups in total. The molecule has 2 aromatic rings. The third-order valence-electron chi connectivity index (χ3n) is 7.48. The number of nitrogens with zero attached hydrogens (tertiary/aromatic N) is 1. The zero-order chi connectivity index (χ0) is 24.0. The standard InChI is InChI=1S/C28H36N2O4/c1-20(22-13-15-23(16-14-22)26(31)33-2)29-27(32)28(17-6-7-18-28)24-11-8-12-25(30-24)34-19-21-9-4-3-5-10-21/h8,11-16,20-21H,3-7,9-10,17-19H2,1-2H3,(H,29,32). The number of nitrogens with one attached hydrogen (secondary N) is 1. The van der Waals surface area contributed by atoms with Gasteiger partial charge in [-0.05, 0) is 62.3 Å². The lowest BCUT2D eigenvalue weighted by atomic mass is 9.80. The Morgan fingerprint density at radius 3 is 2.41 bits per heavy atom. The zero-order valence-electron chi connectivity index (χ0n) is 20.3. The fourth-order valence-electron chi connectivity index (χ4n) is 5.34. The number of carbonyl (C=O) groups excluding carboxylic acids is 2. The summed E-state index contributed by atoms with van der Waals surface area (Å²) in [6.07, 6.45) is 9.93. The van der Waals surface area contributed by atoms with Crippen LogP contribution in [0.5, 0.6) is 5.88 Å². The van der Waals surface area contributed by atoms with Crippen LogP contribution in [0.15, 0.2) is 42.5 Å². The molecule has 0 spiro atoms. The lowest BCUT2D eigenvalue weighted by Gasteiger charge is -2.29. The van der Waals surface area contributed by atoms with Crippen LogP contribution < -0.4 is 10.1 Å². The maximum Gasteiger partial charge on any atom is 0.337 e. The van der Waals surface area contributed by atoms with Gasteiger partial charge in [0.15, 0.2) is 0 Å². The van der Waals surface area contributed by atoms with Gasteiger partial charge in [-0.25, -0.2) is 9.78 Å². The van der Waals surface area contributed by atoms with Crippen LogP contribution >= 0.6 is 0 Å². The molecule has 1 unspecified atom stereocenters. The highest BCUT2D eigenvalue weighted by Crippen LogP contribution is 2.41. The summed E-state index contributed by atoms with van der Waals surface area (Å²) in [6, 6.07) is 12.8. The van der Waals surface area contributed by atoms with Crippen molar-refractivity contribution in [1.29, 1.82) is 0 Å². The van der Waals surface area contributed by atoms with Crippen molar-refractivity contribution in [3.63, 3.8) is 0 Å². The van der Waals surface area contributed by atoms with Crippen LogP contribution in [0.4, 0.5) is 0 Å². The Morgan fingerprint density at radius 1 is 1.03 bits per heavy atom. The molecular weight excluding hydrogens is 428 g/mol. The molecular formula is C28H36N2O4. The average Bonchev–Trinajstić information content (AvgIpc) is 3.39. The summed E-state index contributed by atoms with van der Waals surface area (Å²) >= 11 is 0. The highest BCUT2D eigenvalue weighted by molar-refractivity contribution is 5.90. The van der Waals surface area contributed by atoms with Crippen LogP contribution in [0, 0.1) is 5.92 Å². The van der Waals surface area contributed by atoms with E-state index in [-0.39, 0.29) is 17.9 Å². The Bertz CT molecular complexity index is 976. The molecule has 1 amide bonds. The van der Waals surface area contributed by atoms with E-state index < -0.39 is 5.41 Å². The Balaban J connectivity index is 1.46. The molecule has 1 atom stereocenters. The van der Waals surface area contributed by atoms with Gasteiger partial charge < -0.3 is 14.8 Å². The van der Waals surface area contributed by atoms with Crippen molar-refractivity contribution in [3.8, 4) is 5.88 Å². The molecule has 0 saturated heterocycles. The predicted octanol–water partition coefficient (Wildman–Crippen LogP) is 5.52.